The van der Waals surface area contributed by atoms with Crippen molar-refractivity contribution in [2.45, 2.75) is 19.5 Å². The Hall–Kier alpha value is -0.770. The summed E-state index contributed by atoms with van der Waals surface area (Å²) >= 11 is 6.25. The van der Waals surface area contributed by atoms with Crippen LogP contribution in [0.15, 0.2) is 18.2 Å². The highest BCUT2D eigenvalue weighted by molar-refractivity contribution is 6.31. The van der Waals surface area contributed by atoms with Crippen LogP contribution in [0.25, 0.3) is 0 Å². The SMILES string of the molecule is COc1cccc(Cl)c1CN1CCNCC1C. The fraction of sp³-hybridized carbons (Fsp3) is 0.538. The minimum absolute atomic E-state index is 0.532. The van der Waals surface area contributed by atoms with Crippen molar-refractivity contribution in [1.82, 2.24) is 10.2 Å². The molecule has 1 saturated heterocycles. The molecule has 1 N–H and O–H groups in total. The largest absolute Gasteiger partial charge is 0.496 e. The average molecular weight is 255 g/mol. The van der Waals surface area contributed by atoms with Gasteiger partial charge in [-0.15, -0.1) is 0 Å². The van der Waals surface area contributed by atoms with Gasteiger partial charge in [-0.3, -0.25) is 4.90 Å². The molecule has 0 bridgehead atoms. The molecule has 0 amide bonds. The topological polar surface area (TPSA) is 24.5 Å². The number of nitrogens with zero attached hydrogens (tertiary/aromatic N) is 1. The molecule has 3 nitrogen and oxygen atoms in total. The lowest BCUT2D eigenvalue weighted by molar-refractivity contribution is 0.164. The van der Waals surface area contributed by atoms with Crippen molar-refractivity contribution in [3.8, 4) is 5.75 Å². The molecule has 0 aliphatic carbocycles. The van der Waals surface area contributed by atoms with E-state index in [1.54, 1.807) is 7.11 Å². The van der Waals surface area contributed by atoms with Crippen LogP contribution in [0.4, 0.5) is 0 Å². The van der Waals surface area contributed by atoms with Crippen molar-refractivity contribution in [2.24, 2.45) is 0 Å². The van der Waals surface area contributed by atoms with Crippen LogP contribution in [0.5, 0.6) is 5.75 Å². The van der Waals surface area contributed by atoms with Crippen molar-refractivity contribution in [2.75, 3.05) is 26.7 Å². The lowest BCUT2D eigenvalue weighted by Gasteiger charge is -2.34. The zero-order valence-corrected chi connectivity index (χ0v) is 11.1. The Morgan fingerprint density at radius 3 is 3.06 bits per heavy atom. The first-order valence-electron chi connectivity index (χ1n) is 5.98. The summed E-state index contributed by atoms with van der Waals surface area (Å²) in [4.78, 5) is 2.43. The van der Waals surface area contributed by atoms with Crippen LogP contribution in [0.1, 0.15) is 12.5 Å². The van der Waals surface area contributed by atoms with E-state index >= 15 is 0 Å². The fourth-order valence-corrected chi connectivity index (χ4v) is 2.43. The highest BCUT2D eigenvalue weighted by atomic mass is 35.5. The highest BCUT2D eigenvalue weighted by Gasteiger charge is 2.20. The number of halogens is 1. The molecule has 0 aromatic heterocycles. The molecule has 1 fully saturated rings. The third-order valence-electron chi connectivity index (χ3n) is 3.30. The van der Waals surface area contributed by atoms with Crippen LogP contribution in [0, 0.1) is 0 Å². The Morgan fingerprint density at radius 1 is 1.53 bits per heavy atom. The second kappa shape index (κ2) is 5.71. The molecule has 1 heterocycles. The van der Waals surface area contributed by atoms with Crippen molar-refractivity contribution in [3.05, 3.63) is 28.8 Å². The molecule has 1 aliphatic heterocycles. The predicted octanol–water partition coefficient (Wildman–Crippen LogP) is 2.14. The second-order valence-electron chi connectivity index (χ2n) is 4.44. The third kappa shape index (κ3) is 2.92. The lowest BCUT2D eigenvalue weighted by Crippen LogP contribution is -2.49. The van der Waals surface area contributed by atoms with Crippen LogP contribution in [0.3, 0.4) is 0 Å². The number of hydrogen-bond acceptors (Lipinski definition) is 3. The van der Waals surface area contributed by atoms with E-state index in [9.17, 15) is 0 Å². The van der Waals surface area contributed by atoms with Crippen molar-refractivity contribution in [3.63, 3.8) is 0 Å². The van der Waals surface area contributed by atoms with Crippen LogP contribution in [-0.2, 0) is 6.54 Å². The average Bonchev–Trinajstić information content (AvgIpc) is 2.34. The summed E-state index contributed by atoms with van der Waals surface area (Å²) in [5.74, 6) is 0.878. The molecule has 0 spiro atoms. The van der Waals surface area contributed by atoms with Crippen LogP contribution >= 0.6 is 11.6 Å². The van der Waals surface area contributed by atoms with Gasteiger partial charge in [0.2, 0.25) is 0 Å². The molecule has 1 aliphatic rings. The number of hydrogen-bond donors (Lipinski definition) is 1. The molecule has 1 aromatic rings. The Labute approximate surface area is 108 Å². The Morgan fingerprint density at radius 2 is 2.35 bits per heavy atom. The maximum absolute atomic E-state index is 6.25. The maximum atomic E-state index is 6.25. The van der Waals surface area contributed by atoms with Gasteiger partial charge in [0, 0.05) is 42.8 Å². The smallest absolute Gasteiger partial charge is 0.124 e. The van der Waals surface area contributed by atoms with E-state index in [0.717, 1.165) is 42.5 Å². The van der Waals surface area contributed by atoms with E-state index in [1.165, 1.54) is 0 Å². The van der Waals surface area contributed by atoms with Crippen molar-refractivity contribution >= 4 is 11.6 Å². The number of piperazine rings is 1. The first-order chi connectivity index (χ1) is 8.22. The zero-order chi connectivity index (χ0) is 12.3. The van der Waals surface area contributed by atoms with E-state index < -0.39 is 0 Å². The van der Waals surface area contributed by atoms with Gasteiger partial charge in [0.15, 0.2) is 0 Å². The summed E-state index contributed by atoms with van der Waals surface area (Å²) in [5.41, 5.74) is 1.09. The normalized spacial score (nSPS) is 21.5. The Balaban J connectivity index is 2.16. The van der Waals surface area contributed by atoms with Gasteiger partial charge in [0.25, 0.3) is 0 Å². The quantitative estimate of drug-likeness (QED) is 0.895. The van der Waals surface area contributed by atoms with E-state index in [2.05, 4.69) is 17.1 Å². The summed E-state index contributed by atoms with van der Waals surface area (Å²) in [6.07, 6.45) is 0. The van der Waals surface area contributed by atoms with E-state index in [-0.39, 0.29) is 0 Å². The summed E-state index contributed by atoms with van der Waals surface area (Å²) in [6, 6.07) is 6.34. The van der Waals surface area contributed by atoms with Gasteiger partial charge in [0.1, 0.15) is 5.75 Å². The minimum Gasteiger partial charge on any atom is -0.496 e. The molecular formula is C13H19ClN2O. The molecule has 1 unspecified atom stereocenters. The molecule has 4 heteroatoms. The highest BCUT2D eigenvalue weighted by Crippen LogP contribution is 2.28. The fourth-order valence-electron chi connectivity index (χ4n) is 2.20. The second-order valence-corrected chi connectivity index (χ2v) is 4.85. The van der Waals surface area contributed by atoms with Gasteiger partial charge < -0.3 is 10.1 Å². The monoisotopic (exact) mass is 254 g/mol. The lowest BCUT2D eigenvalue weighted by atomic mass is 10.1. The molecule has 1 aromatic carbocycles. The van der Waals surface area contributed by atoms with Crippen LogP contribution < -0.4 is 10.1 Å². The molecular weight excluding hydrogens is 236 g/mol. The van der Waals surface area contributed by atoms with Gasteiger partial charge in [-0.2, -0.15) is 0 Å². The van der Waals surface area contributed by atoms with Gasteiger partial charge in [-0.25, -0.2) is 0 Å². The Kier molecular flexibility index (Phi) is 4.26. The van der Waals surface area contributed by atoms with Gasteiger partial charge >= 0.3 is 0 Å². The molecule has 2 rings (SSSR count). The van der Waals surface area contributed by atoms with Gasteiger partial charge in [0.05, 0.1) is 7.11 Å². The first-order valence-corrected chi connectivity index (χ1v) is 6.36. The predicted molar refractivity (Wildman–Crippen MR) is 70.7 cm³/mol. The van der Waals surface area contributed by atoms with Crippen LogP contribution in [-0.4, -0.2) is 37.7 Å². The third-order valence-corrected chi connectivity index (χ3v) is 3.65. The van der Waals surface area contributed by atoms with E-state index in [4.69, 9.17) is 16.3 Å². The van der Waals surface area contributed by atoms with E-state index in [1.807, 2.05) is 18.2 Å². The van der Waals surface area contributed by atoms with Crippen molar-refractivity contribution < 1.29 is 4.74 Å². The number of benzene rings is 1. The molecule has 0 radical (unpaired) electrons. The molecule has 0 saturated carbocycles. The maximum Gasteiger partial charge on any atom is 0.124 e. The number of nitrogens with one attached hydrogen (secondary N) is 1. The van der Waals surface area contributed by atoms with Gasteiger partial charge in [-0.1, -0.05) is 17.7 Å². The zero-order valence-electron chi connectivity index (χ0n) is 10.4. The summed E-state index contributed by atoms with van der Waals surface area (Å²) in [7, 11) is 1.69. The number of methoxy groups -OCH3 is 1. The summed E-state index contributed by atoms with van der Waals surface area (Å²) in [6.45, 7) is 6.21. The first kappa shape index (κ1) is 12.7. The Bertz CT molecular complexity index is 384. The molecule has 17 heavy (non-hydrogen) atoms. The number of rotatable bonds is 3. The summed E-state index contributed by atoms with van der Waals surface area (Å²) in [5, 5.41) is 4.17. The standard InChI is InChI=1S/C13H19ClN2O/c1-10-8-15-6-7-16(10)9-11-12(14)4-3-5-13(11)17-2/h3-5,10,15H,6-9H2,1-2H3. The van der Waals surface area contributed by atoms with Crippen LogP contribution in [0.2, 0.25) is 5.02 Å². The molecule has 1 atom stereocenters. The van der Waals surface area contributed by atoms with Crippen molar-refractivity contribution in [1.29, 1.82) is 0 Å². The van der Waals surface area contributed by atoms with Gasteiger partial charge in [-0.05, 0) is 19.1 Å². The summed E-state index contributed by atoms with van der Waals surface area (Å²) < 4.78 is 5.38. The van der Waals surface area contributed by atoms with E-state index in [0.29, 0.717) is 6.04 Å². The molecule has 94 valence electrons. The minimum atomic E-state index is 0.532. The number of ether oxygens (including phenoxy) is 1.